The Labute approximate surface area is 120 Å². The summed E-state index contributed by atoms with van der Waals surface area (Å²) in [6, 6.07) is 13.3. The van der Waals surface area contributed by atoms with Gasteiger partial charge in [0.25, 0.3) is 0 Å². The fourth-order valence-corrected chi connectivity index (χ4v) is 2.21. The molecule has 2 rings (SSSR count). The third-order valence-corrected chi connectivity index (χ3v) is 3.53. The Balaban J connectivity index is 2.29. The lowest BCUT2D eigenvalue weighted by atomic mass is 9.95. The average Bonchev–Trinajstić information content (AvgIpc) is 2.45. The van der Waals surface area contributed by atoms with Gasteiger partial charge in [-0.2, -0.15) is 0 Å². The maximum atomic E-state index is 10.1. The maximum absolute atomic E-state index is 10.1. The molecule has 0 heterocycles. The lowest BCUT2D eigenvalue weighted by Crippen LogP contribution is -1.93. The van der Waals surface area contributed by atoms with Crippen molar-refractivity contribution >= 4 is 12.2 Å². The van der Waals surface area contributed by atoms with E-state index in [0.29, 0.717) is 5.56 Å². The molecule has 0 radical (unpaired) electrons. The van der Waals surface area contributed by atoms with Crippen molar-refractivity contribution in [3.63, 3.8) is 0 Å². The number of rotatable bonds is 4. The second-order valence-corrected chi connectivity index (χ2v) is 5.03. The van der Waals surface area contributed by atoms with Gasteiger partial charge in [-0.3, -0.25) is 0 Å². The first-order valence-corrected chi connectivity index (χ1v) is 6.90. The lowest BCUT2D eigenvalue weighted by molar-refractivity contribution is 0.429. The van der Waals surface area contributed by atoms with Gasteiger partial charge in [0.15, 0.2) is 0 Å². The van der Waals surface area contributed by atoms with Crippen molar-refractivity contribution in [3.05, 3.63) is 59.2 Å². The summed E-state index contributed by atoms with van der Waals surface area (Å²) in [5, 5.41) is 20.2. The van der Waals surface area contributed by atoms with Crippen LogP contribution < -0.4 is 0 Å². The van der Waals surface area contributed by atoms with Crippen molar-refractivity contribution in [2.24, 2.45) is 0 Å². The van der Waals surface area contributed by atoms with Gasteiger partial charge in [0.1, 0.15) is 11.5 Å². The number of phenolic OH excluding ortho intramolecular Hbond substituents is 2. The Morgan fingerprint density at radius 3 is 2.05 bits per heavy atom. The highest BCUT2D eigenvalue weighted by atomic mass is 16.3. The molecule has 104 valence electrons. The molecule has 0 bridgehead atoms. The summed E-state index contributed by atoms with van der Waals surface area (Å²) in [6.07, 6.45) is 4.71. The van der Waals surface area contributed by atoms with Crippen LogP contribution in [0.4, 0.5) is 0 Å². The molecule has 2 N–H and O–H groups in total. The van der Waals surface area contributed by atoms with E-state index in [4.69, 9.17) is 0 Å². The Bertz CT molecular complexity index is 577. The largest absolute Gasteiger partial charge is 0.507 e. The maximum Gasteiger partial charge on any atom is 0.123 e. The van der Waals surface area contributed by atoms with Gasteiger partial charge in [-0.15, -0.1) is 0 Å². The van der Waals surface area contributed by atoms with Gasteiger partial charge in [0, 0.05) is 5.56 Å². The molecule has 2 nitrogen and oxygen atoms in total. The van der Waals surface area contributed by atoms with E-state index in [9.17, 15) is 10.2 Å². The van der Waals surface area contributed by atoms with Crippen molar-refractivity contribution < 1.29 is 10.2 Å². The predicted molar refractivity (Wildman–Crippen MR) is 83.8 cm³/mol. The Kier molecular flexibility index (Phi) is 4.46. The molecule has 0 aliphatic heterocycles. The van der Waals surface area contributed by atoms with E-state index in [1.54, 1.807) is 12.1 Å². The molecule has 0 fully saturated rings. The van der Waals surface area contributed by atoms with E-state index in [1.807, 2.05) is 56.3 Å². The molecule has 0 spiro atoms. The number of hydrogen-bond donors (Lipinski definition) is 2. The first kappa shape index (κ1) is 14.2. The first-order chi connectivity index (χ1) is 9.61. The molecule has 0 aliphatic carbocycles. The van der Waals surface area contributed by atoms with Gasteiger partial charge in [-0.05, 0) is 35.6 Å². The van der Waals surface area contributed by atoms with E-state index in [0.717, 1.165) is 17.5 Å². The molecule has 1 unspecified atom stereocenters. The van der Waals surface area contributed by atoms with Crippen LogP contribution in [-0.2, 0) is 0 Å². The second kappa shape index (κ2) is 6.29. The minimum absolute atomic E-state index is 0.141. The first-order valence-electron chi connectivity index (χ1n) is 6.90. The monoisotopic (exact) mass is 268 g/mol. The zero-order valence-electron chi connectivity index (χ0n) is 11.9. The van der Waals surface area contributed by atoms with Crippen molar-refractivity contribution in [1.29, 1.82) is 0 Å². The van der Waals surface area contributed by atoms with Crippen LogP contribution in [0, 0.1) is 0 Å². The van der Waals surface area contributed by atoms with E-state index in [1.165, 1.54) is 0 Å². The van der Waals surface area contributed by atoms with Crippen LogP contribution in [0.3, 0.4) is 0 Å². The van der Waals surface area contributed by atoms with Gasteiger partial charge in [0.05, 0.1) is 0 Å². The predicted octanol–water partition coefficient (Wildman–Crippen LogP) is 4.78. The summed E-state index contributed by atoms with van der Waals surface area (Å²) < 4.78 is 0. The van der Waals surface area contributed by atoms with Crippen LogP contribution in [-0.4, -0.2) is 10.2 Å². The van der Waals surface area contributed by atoms with Crippen molar-refractivity contribution in [3.8, 4) is 11.5 Å². The minimum atomic E-state index is 0.141. The van der Waals surface area contributed by atoms with E-state index >= 15 is 0 Å². The van der Waals surface area contributed by atoms with Crippen LogP contribution in [0.1, 0.15) is 42.9 Å². The molecule has 0 saturated heterocycles. The van der Waals surface area contributed by atoms with Crippen LogP contribution in [0.5, 0.6) is 11.5 Å². The molecule has 0 aliphatic rings. The van der Waals surface area contributed by atoms with Gasteiger partial charge >= 0.3 is 0 Å². The number of hydrogen-bond acceptors (Lipinski definition) is 2. The minimum Gasteiger partial charge on any atom is -0.507 e. The van der Waals surface area contributed by atoms with E-state index in [2.05, 4.69) is 0 Å². The topological polar surface area (TPSA) is 40.5 Å². The second-order valence-electron chi connectivity index (χ2n) is 5.03. The standard InChI is InChI=1S/C18H20O2/c1-3-13(2)18-16(19)11-15(12-17(18)20)10-9-14-7-5-4-6-8-14/h4-13,19-20H,3H2,1-2H3/b10-9+. The van der Waals surface area contributed by atoms with Crippen LogP contribution in [0.25, 0.3) is 12.2 Å². The zero-order chi connectivity index (χ0) is 14.5. The summed E-state index contributed by atoms with van der Waals surface area (Å²) in [6.45, 7) is 4.03. The van der Waals surface area contributed by atoms with Crippen LogP contribution in [0.2, 0.25) is 0 Å². The van der Waals surface area contributed by atoms with Crippen molar-refractivity contribution in [1.82, 2.24) is 0 Å². The fourth-order valence-electron chi connectivity index (χ4n) is 2.21. The number of aromatic hydroxyl groups is 2. The molecule has 1 atom stereocenters. The molecular formula is C18H20O2. The molecule has 2 aromatic rings. The summed E-state index contributed by atoms with van der Waals surface area (Å²) in [4.78, 5) is 0. The van der Waals surface area contributed by atoms with Crippen molar-refractivity contribution in [2.45, 2.75) is 26.2 Å². The normalized spacial score (nSPS) is 12.7. The lowest BCUT2D eigenvalue weighted by Gasteiger charge is -2.14. The quantitative estimate of drug-likeness (QED) is 0.783. The number of phenols is 2. The summed E-state index contributed by atoms with van der Waals surface area (Å²) in [5.74, 6) is 0.460. The highest BCUT2D eigenvalue weighted by Crippen LogP contribution is 2.36. The fraction of sp³-hybridized carbons (Fsp3) is 0.222. The molecule has 0 saturated carbocycles. The molecule has 20 heavy (non-hydrogen) atoms. The number of benzene rings is 2. The molecule has 0 aromatic heterocycles. The Morgan fingerprint density at radius 1 is 0.950 bits per heavy atom. The third-order valence-electron chi connectivity index (χ3n) is 3.53. The van der Waals surface area contributed by atoms with Gasteiger partial charge in [-0.25, -0.2) is 0 Å². The Hall–Kier alpha value is -2.22. The van der Waals surface area contributed by atoms with Crippen LogP contribution >= 0.6 is 0 Å². The third kappa shape index (κ3) is 3.21. The molecular weight excluding hydrogens is 248 g/mol. The molecule has 2 aromatic carbocycles. The van der Waals surface area contributed by atoms with Gasteiger partial charge in [-0.1, -0.05) is 56.3 Å². The highest BCUT2D eigenvalue weighted by molar-refractivity contribution is 5.71. The molecule has 2 heteroatoms. The summed E-state index contributed by atoms with van der Waals surface area (Å²) in [5.41, 5.74) is 2.50. The Morgan fingerprint density at radius 2 is 1.50 bits per heavy atom. The summed E-state index contributed by atoms with van der Waals surface area (Å²) >= 11 is 0. The van der Waals surface area contributed by atoms with E-state index < -0.39 is 0 Å². The van der Waals surface area contributed by atoms with E-state index in [-0.39, 0.29) is 17.4 Å². The average molecular weight is 268 g/mol. The van der Waals surface area contributed by atoms with Gasteiger partial charge in [0.2, 0.25) is 0 Å². The van der Waals surface area contributed by atoms with Gasteiger partial charge < -0.3 is 10.2 Å². The van der Waals surface area contributed by atoms with Crippen molar-refractivity contribution in [2.75, 3.05) is 0 Å². The highest BCUT2D eigenvalue weighted by Gasteiger charge is 2.14. The SMILES string of the molecule is CCC(C)c1c(O)cc(/C=C/c2ccccc2)cc1O. The molecule has 0 amide bonds. The zero-order valence-corrected chi connectivity index (χ0v) is 11.9. The summed E-state index contributed by atoms with van der Waals surface area (Å²) in [7, 11) is 0. The van der Waals surface area contributed by atoms with Crippen LogP contribution in [0.15, 0.2) is 42.5 Å². The smallest absolute Gasteiger partial charge is 0.123 e.